The van der Waals surface area contributed by atoms with E-state index in [0.29, 0.717) is 12.8 Å². The van der Waals surface area contributed by atoms with Gasteiger partial charge in [-0.15, -0.1) is 6.58 Å². The van der Waals surface area contributed by atoms with Crippen molar-refractivity contribution >= 4 is 0 Å². The molecule has 1 fully saturated rings. The van der Waals surface area contributed by atoms with E-state index >= 15 is 0 Å². The van der Waals surface area contributed by atoms with E-state index in [4.69, 9.17) is 0 Å². The van der Waals surface area contributed by atoms with Crippen molar-refractivity contribution in [2.75, 3.05) is 26.2 Å². The summed E-state index contributed by atoms with van der Waals surface area (Å²) in [6, 6.07) is 0.215. The minimum Gasteiger partial charge on any atom is -0.314 e. The molecule has 0 bridgehead atoms. The van der Waals surface area contributed by atoms with Crippen molar-refractivity contribution in [2.45, 2.75) is 32.0 Å². The van der Waals surface area contributed by atoms with Crippen molar-refractivity contribution in [3.05, 3.63) is 12.7 Å². The maximum Gasteiger partial charge on any atom is 0.102 e. The summed E-state index contributed by atoms with van der Waals surface area (Å²) in [7, 11) is 0. The predicted octanol–water partition coefficient (Wildman–Crippen LogP) is 1.58. The molecule has 1 heterocycles. The molecule has 0 amide bonds. The van der Waals surface area contributed by atoms with E-state index < -0.39 is 6.17 Å². The van der Waals surface area contributed by atoms with Gasteiger partial charge in [0.05, 0.1) is 0 Å². The highest BCUT2D eigenvalue weighted by Crippen LogP contribution is 2.13. The van der Waals surface area contributed by atoms with Crippen LogP contribution >= 0.6 is 0 Å². The van der Waals surface area contributed by atoms with Gasteiger partial charge < -0.3 is 5.32 Å². The second-order valence-electron chi connectivity index (χ2n) is 3.83. The number of alkyl halides is 1. The molecule has 1 rings (SSSR count). The first kappa shape index (κ1) is 11.7. The summed E-state index contributed by atoms with van der Waals surface area (Å²) >= 11 is 0. The van der Waals surface area contributed by atoms with Crippen LogP contribution < -0.4 is 5.32 Å². The number of piperazine rings is 1. The fourth-order valence-electron chi connectivity index (χ4n) is 1.84. The van der Waals surface area contributed by atoms with Crippen LogP contribution in [0.15, 0.2) is 12.7 Å². The zero-order valence-electron chi connectivity index (χ0n) is 9.01. The molecule has 1 aliphatic rings. The van der Waals surface area contributed by atoms with Gasteiger partial charge in [-0.05, 0) is 12.8 Å². The highest BCUT2D eigenvalue weighted by atomic mass is 19.1. The van der Waals surface area contributed by atoms with Crippen LogP contribution in [0, 0.1) is 0 Å². The fourth-order valence-corrected chi connectivity index (χ4v) is 1.84. The Hall–Kier alpha value is -0.410. The van der Waals surface area contributed by atoms with Gasteiger partial charge >= 0.3 is 0 Å². The van der Waals surface area contributed by atoms with E-state index in [2.05, 4.69) is 16.8 Å². The van der Waals surface area contributed by atoms with Crippen molar-refractivity contribution < 1.29 is 4.39 Å². The third-order valence-corrected chi connectivity index (χ3v) is 2.83. The van der Waals surface area contributed by atoms with Crippen LogP contribution in [-0.2, 0) is 0 Å². The number of hydrogen-bond acceptors (Lipinski definition) is 2. The second kappa shape index (κ2) is 6.14. The molecular weight excluding hydrogens is 179 g/mol. The van der Waals surface area contributed by atoms with Gasteiger partial charge in [-0.3, -0.25) is 4.90 Å². The van der Waals surface area contributed by atoms with E-state index in [1.165, 1.54) is 0 Å². The van der Waals surface area contributed by atoms with Gasteiger partial charge in [0.2, 0.25) is 0 Å². The maximum atomic E-state index is 13.2. The third kappa shape index (κ3) is 3.39. The average Bonchev–Trinajstić information content (AvgIpc) is 2.26. The summed E-state index contributed by atoms with van der Waals surface area (Å²) in [4.78, 5) is 2.31. The van der Waals surface area contributed by atoms with E-state index in [-0.39, 0.29) is 6.04 Å². The van der Waals surface area contributed by atoms with Crippen LogP contribution in [0.1, 0.15) is 19.8 Å². The van der Waals surface area contributed by atoms with Crippen LogP contribution in [0.4, 0.5) is 4.39 Å². The quantitative estimate of drug-likeness (QED) is 0.678. The Morgan fingerprint density at radius 3 is 2.64 bits per heavy atom. The van der Waals surface area contributed by atoms with Crippen molar-refractivity contribution in [1.29, 1.82) is 0 Å². The smallest absolute Gasteiger partial charge is 0.102 e. The molecule has 0 aromatic carbocycles. The van der Waals surface area contributed by atoms with Crippen molar-refractivity contribution in [3.8, 4) is 0 Å². The van der Waals surface area contributed by atoms with Crippen LogP contribution in [0.3, 0.4) is 0 Å². The molecule has 1 N–H and O–H groups in total. The normalized spacial score (nSPS) is 23.0. The Morgan fingerprint density at radius 2 is 2.14 bits per heavy atom. The Kier molecular flexibility index (Phi) is 5.12. The van der Waals surface area contributed by atoms with Gasteiger partial charge in [-0.1, -0.05) is 13.0 Å². The zero-order valence-corrected chi connectivity index (χ0v) is 9.01. The molecule has 82 valence electrons. The van der Waals surface area contributed by atoms with E-state index in [0.717, 1.165) is 26.2 Å². The lowest BCUT2D eigenvalue weighted by molar-refractivity contribution is 0.161. The van der Waals surface area contributed by atoms with Gasteiger partial charge in [-0.2, -0.15) is 0 Å². The largest absolute Gasteiger partial charge is 0.314 e. The number of nitrogens with zero attached hydrogens (tertiary/aromatic N) is 1. The summed E-state index contributed by atoms with van der Waals surface area (Å²) in [6.07, 6.45) is 2.40. The monoisotopic (exact) mass is 200 g/mol. The van der Waals surface area contributed by atoms with Gasteiger partial charge in [0.15, 0.2) is 0 Å². The summed E-state index contributed by atoms with van der Waals surface area (Å²) in [5, 5.41) is 3.29. The van der Waals surface area contributed by atoms with Gasteiger partial charge in [0.1, 0.15) is 6.17 Å². The van der Waals surface area contributed by atoms with Crippen LogP contribution in [0.25, 0.3) is 0 Å². The number of hydrogen-bond donors (Lipinski definition) is 1. The summed E-state index contributed by atoms with van der Waals surface area (Å²) < 4.78 is 13.2. The number of halogens is 1. The van der Waals surface area contributed by atoms with Crippen molar-refractivity contribution in [1.82, 2.24) is 10.2 Å². The molecule has 0 aromatic rings. The standard InChI is InChI=1S/C11H21FN2/c1-3-10(12)9-11(4-2)14-7-5-13-6-8-14/h4,10-11,13H,2-3,5-9H2,1H3. The highest BCUT2D eigenvalue weighted by Gasteiger charge is 2.20. The first-order valence-electron chi connectivity index (χ1n) is 5.49. The molecule has 2 unspecified atom stereocenters. The second-order valence-corrected chi connectivity index (χ2v) is 3.83. The lowest BCUT2D eigenvalue weighted by Crippen LogP contribution is -2.48. The molecule has 1 aliphatic heterocycles. The topological polar surface area (TPSA) is 15.3 Å². The first-order chi connectivity index (χ1) is 6.77. The zero-order chi connectivity index (χ0) is 10.4. The third-order valence-electron chi connectivity index (χ3n) is 2.83. The first-order valence-corrected chi connectivity index (χ1v) is 5.49. The average molecular weight is 200 g/mol. The lowest BCUT2D eigenvalue weighted by atomic mass is 10.1. The summed E-state index contributed by atoms with van der Waals surface area (Å²) in [6.45, 7) is 9.72. The fraction of sp³-hybridized carbons (Fsp3) is 0.818. The Balaban J connectivity index is 2.39. The molecular formula is C11H21FN2. The molecule has 2 nitrogen and oxygen atoms in total. The Labute approximate surface area is 86.2 Å². The minimum atomic E-state index is -0.687. The maximum absolute atomic E-state index is 13.2. The van der Waals surface area contributed by atoms with Gasteiger partial charge in [0.25, 0.3) is 0 Å². The molecule has 14 heavy (non-hydrogen) atoms. The Morgan fingerprint density at radius 1 is 1.50 bits per heavy atom. The molecule has 2 atom stereocenters. The van der Waals surface area contributed by atoms with Gasteiger partial charge in [0, 0.05) is 32.2 Å². The minimum absolute atomic E-state index is 0.215. The molecule has 0 saturated carbocycles. The van der Waals surface area contributed by atoms with E-state index in [9.17, 15) is 4.39 Å². The molecule has 3 heteroatoms. The molecule has 0 radical (unpaired) electrons. The van der Waals surface area contributed by atoms with Crippen LogP contribution in [-0.4, -0.2) is 43.3 Å². The predicted molar refractivity (Wildman–Crippen MR) is 58.2 cm³/mol. The number of rotatable bonds is 5. The molecule has 0 aromatic heterocycles. The molecule has 0 spiro atoms. The van der Waals surface area contributed by atoms with Crippen molar-refractivity contribution in [3.63, 3.8) is 0 Å². The van der Waals surface area contributed by atoms with E-state index in [1.54, 1.807) is 0 Å². The van der Waals surface area contributed by atoms with E-state index in [1.807, 2.05) is 13.0 Å². The summed E-state index contributed by atoms with van der Waals surface area (Å²) in [5.41, 5.74) is 0. The summed E-state index contributed by atoms with van der Waals surface area (Å²) in [5.74, 6) is 0. The molecule has 1 saturated heterocycles. The van der Waals surface area contributed by atoms with Crippen LogP contribution in [0.2, 0.25) is 0 Å². The molecule has 0 aliphatic carbocycles. The lowest BCUT2D eigenvalue weighted by Gasteiger charge is -2.33. The van der Waals surface area contributed by atoms with Crippen molar-refractivity contribution in [2.24, 2.45) is 0 Å². The van der Waals surface area contributed by atoms with Crippen LogP contribution in [0.5, 0.6) is 0 Å². The number of nitrogens with one attached hydrogen (secondary N) is 1. The Bertz CT molecular complexity index is 167. The highest BCUT2D eigenvalue weighted by molar-refractivity contribution is 4.91. The van der Waals surface area contributed by atoms with Gasteiger partial charge in [-0.25, -0.2) is 4.39 Å². The SMILES string of the molecule is C=CC(CC(F)CC)N1CCNCC1.